The minimum Gasteiger partial charge on any atom is -0.314 e. The Morgan fingerprint density at radius 2 is 2.00 bits per heavy atom. The highest BCUT2D eigenvalue weighted by molar-refractivity contribution is 7.91. The molecule has 3 nitrogen and oxygen atoms in total. The zero-order valence-corrected chi connectivity index (χ0v) is 8.65. The molecule has 1 saturated carbocycles. The normalized spacial score (nSPS) is 33.1. The topological polar surface area (TPSA) is 46.2 Å². The van der Waals surface area contributed by atoms with E-state index in [-0.39, 0.29) is 0 Å². The molecule has 1 N–H and O–H groups in total. The van der Waals surface area contributed by atoms with Crippen LogP contribution in [0.3, 0.4) is 0 Å². The van der Waals surface area contributed by atoms with Crippen molar-refractivity contribution in [2.75, 3.05) is 18.1 Å². The lowest BCUT2D eigenvalue weighted by Gasteiger charge is -2.21. The van der Waals surface area contributed by atoms with E-state index in [1.54, 1.807) is 0 Å². The monoisotopic (exact) mass is 203 g/mol. The molecule has 1 saturated heterocycles. The summed E-state index contributed by atoms with van der Waals surface area (Å²) in [5.41, 5.74) is 0. The lowest BCUT2D eigenvalue weighted by molar-refractivity contribution is 0.452. The number of sulfone groups is 1. The van der Waals surface area contributed by atoms with Crippen LogP contribution in [-0.2, 0) is 9.84 Å². The molecule has 0 bridgehead atoms. The minimum atomic E-state index is -2.70. The summed E-state index contributed by atoms with van der Waals surface area (Å²) in [6.45, 7) is 0.907. The van der Waals surface area contributed by atoms with Crippen molar-refractivity contribution >= 4 is 9.84 Å². The summed E-state index contributed by atoms with van der Waals surface area (Å²) in [6.07, 6.45) is 4.50. The van der Waals surface area contributed by atoms with Gasteiger partial charge in [0.15, 0.2) is 9.84 Å². The minimum absolute atomic E-state index is 0.374. The van der Waals surface area contributed by atoms with Gasteiger partial charge >= 0.3 is 0 Å². The highest BCUT2D eigenvalue weighted by Gasteiger charge is 2.27. The predicted molar refractivity (Wildman–Crippen MR) is 52.4 cm³/mol. The van der Waals surface area contributed by atoms with Gasteiger partial charge in [-0.25, -0.2) is 8.42 Å². The zero-order chi connectivity index (χ0) is 9.31. The molecule has 0 radical (unpaired) electrons. The molecule has 76 valence electrons. The average Bonchev–Trinajstić information content (AvgIpc) is 2.82. The van der Waals surface area contributed by atoms with Crippen molar-refractivity contribution in [3.05, 3.63) is 0 Å². The van der Waals surface area contributed by atoms with Crippen LogP contribution < -0.4 is 5.32 Å². The molecule has 4 heteroatoms. The van der Waals surface area contributed by atoms with Crippen LogP contribution in [0.15, 0.2) is 0 Å². The Bertz CT molecular complexity index is 269. The fourth-order valence-corrected chi connectivity index (χ4v) is 3.68. The predicted octanol–water partition coefficient (Wildman–Crippen LogP) is 0.563. The molecule has 0 spiro atoms. The van der Waals surface area contributed by atoms with Gasteiger partial charge in [0, 0.05) is 6.04 Å². The van der Waals surface area contributed by atoms with E-state index in [4.69, 9.17) is 0 Å². The second-order valence-corrected chi connectivity index (χ2v) is 6.53. The molecule has 0 amide bonds. The first-order chi connectivity index (χ1) is 6.16. The van der Waals surface area contributed by atoms with Crippen molar-refractivity contribution in [3.63, 3.8) is 0 Å². The Balaban J connectivity index is 1.78. The van der Waals surface area contributed by atoms with E-state index in [0.29, 0.717) is 23.5 Å². The Morgan fingerprint density at radius 1 is 1.23 bits per heavy atom. The summed E-state index contributed by atoms with van der Waals surface area (Å²) in [4.78, 5) is 0. The molecule has 2 rings (SSSR count). The maximum Gasteiger partial charge on any atom is 0.150 e. The van der Waals surface area contributed by atoms with Crippen LogP contribution in [0.2, 0.25) is 0 Å². The molecular formula is C9H17NO2S. The van der Waals surface area contributed by atoms with E-state index in [1.165, 1.54) is 12.8 Å². The molecule has 1 aliphatic carbocycles. The molecule has 13 heavy (non-hydrogen) atoms. The lowest BCUT2D eigenvalue weighted by Crippen LogP contribution is -2.33. The van der Waals surface area contributed by atoms with Crippen molar-refractivity contribution in [1.29, 1.82) is 0 Å². The van der Waals surface area contributed by atoms with E-state index >= 15 is 0 Å². The molecule has 0 aromatic heterocycles. The summed E-state index contributed by atoms with van der Waals surface area (Å²) in [5, 5.41) is 3.40. The zero-order valence-electron chi connectivity index (χ0n) is 7.83. The van der Waals surface area contributed by atoms with Crippen molar-refractivity contribution in [3.8, 4) is 0 Å². The van der Waals surface area contributed by atoms with Gasteiger partial charge in [-0.2, -0.15) is 0 Å². The molecule has 0 aromatic rings. The number of nitrogens with one attached hydrogen (secondary N) is 1. The quantitative estimate of drug-likeness (QED) is 0.729. The summed E-state index contributed by atoms with van der Waals surface area (Å²) in [5.74, 6) is 1.19. The Morgan fingerprint density at radius 3 is 2.62 bits per heavy atom. The van der Waals surface area contributed by atoms with Crippen LogP contribution in [0, 0.1) is 5.92 Å². The first-order valence-corrected chi connectivity index (χ1v) is 6.92. The molecule has 2 fully saturated rings. The van der Waals surface area contributed by atoms with Gasteiger partial charge in [-0.3, -0.25) is 0 Å². The fourth-order valence-electron chi connectivity index (χ4n) is 1.90. The van der Waals surface area contributed by atoms with Crippen LogP contribution in [0.5, 0.6) is 0 Å². The number of rotatable bonds is 3. The van der Waals surface area contributed by atoms with Gasteiger partial charge in [0.1, 0.15) is 0 Å². The first kappa shape index (κ1) is 9.46. The fraction of sp³-hybridized carbons (Fsp3) is 1.00. The van der Waals surface area contributed by atoms with Gasteiger partial charge in [-0.1, -0.05) is 0 Å². The van der Waals surface area contributed by atoms with Gasteiger partial charge in [0.05, 0.1) is 11.5 Å². The molecule has 1 atom stereocenters. The first-order valence-electron chi connectivity index (χ1n) is 5.09. The highest BCUT2D eigenvalue weighted by atomic mass is 32.2. The summed E-state index contributed by atoms with van der Waals surface area (Å²) < 4.78 is 22.6. The Labute approximate surface area is 79.8 Å². The van der Waals surface area contributed by atoms with Crippen LogP contribution in [-0.4, -0.2) is 32.5 Å². The summed E-state index contributed by atoms with van der Waals surface area (Å²) in [6, 6.07) is 0.699. The average molecular weight is 203 g/mol. The third-order valence-electron chi connectivity index (χ3n) is 2.83. The van der Waals surface area contributed by atoms with E-state index in [1.807, 2.05) is 0 Å². The van der Waals surface area contributed by atoms with Crippen molar-refractivity contribution in [2.45, 2.75) is 31.7 Å². The molecule has 0 aromatic carbocycles. The van der Waals surface area contributed by atoms with Gasteiger partial charge in [-0.15, -0.1) is 0 Å². The molecule has 1 unspecified atom stereocenters. The Kier molecular flexibility index (Phi) is 2.60. The maximum absolute atomic E-state index is 11.3. The third kappa shape index (κ3) is 2.95. The van der Waals surface area contributed by atoms with Gasteiger partial charge in [0.25, 0.3) is 0 Å². The smallest absolute Gasteiger partial charge is 0.150 e. The van der Waals surface area contributed by atoms with Crippen molar-refractivity contribution < 1.29 is 8.42 Å². The maximum atomic E-state index is 11.3. The summed E-state index contributed by atoms with van der Waals surface area (Å²) in [7, 11) is -2.70. The number of hydrogen-bond donors (Lipinski definition) is 1. The van der Waals surface area contributed by atoms with Crippen LogP contribution in [0.25, 0.3) is 0 Å². The lowest BCUT2D eigenvalue weighted by atomic mass is 10.1. The van der Waals surface area contributed by atoms with Gasteiger partial charge in [0.2, 0.25) is 0 Å². The van der Waals surface area contributed by atoms with Crippen LogP contribution >= 0.6 is 0 Å². The second kappa shape index (κ2) is 3.58. The van der Waals surface area contributed by atoms with Crippen LogP contribution in [0.1, 0.15) is 25.7 Å². The second-order valence-electron chi connectivity index (χ2n) is 4.31. The summed E-state index contributed by atoms with van der Waals surface area (Å²) >= 11 is 0. The van der Waals surface area contributed by atoms with E-state index in [2.05, 4.69) is 5.32 Å². The molecule has 1 heterocycles. The third-order valence-corrected chi connectivity index (χ3v) is 4.72. The van der Waals surface area contributed by atoms with Crippen LogP contribution in [0.4, 0.5) is 0 Å². The van der Waals surface area contributed by atoms with E-state index < -0.39 is 9.84 Å². The van der Waals surface area contributed by atoms with E-state index in [9.17, 15) is 8.42 Å². The SMILES string of the molecule is O=S1(=O)CCCC(CNC2CC2)C1. The van der Waals surface area contributed by atoms with Crippen molar-refractivity contribution in [1.82, 2.24) is 5.32 Å². The van der Waals surface area contributed by atoms with E-state index in [0.717, 1.165) is 19.4 Å². The molecule has 2 aliphatic rings. The molecular weight excluding hydrogens is 186 g/mol. The largest absolute Gasteiger partial charge is 0.314 e. The highest BCUT2D eigenvalue weighted by Crippen LogP contribution is 2.21. The van der Waals surface area contributed by atoms with Gasteiger partial charge in [-0.05, 0) is 38.1 Å². The standard InChI is InChI=1S/C9H17NO2S/c11-13(12)5-1-2-8(7-13)6-10-9-3-4-9/h8-10H,1-7H2. The molecule has 1 aliphatic heterocycles. The van der Waals surface area contributed by atoms with Gasteiger partial charge < -0.3 is 5.32 Å². The number of hydrogen-bond acceptors (Lipinski definition) is 3. The van der Waals surface area contributed by atoms with Crippen molar-refractivity contribution in [2.24, 2.45) is 5.92 Å². The Hall–Kier alpha value is -0.0900.